The molecule has 18 heavy (non-hydrogen) atoms. The van der Waals surface area contributed by atoms with Gasteiger partial charge in [-0.25, -0.2) is 0 Å². The molecule has 98 valence electrons. The predicted molar refractivity (Wildman–Crippen MR) is 72.9 cm³/mol. The molecule has 2 amide bonds. The van der Waals surface area contributed by atoms with Gasteiger partial charge in [0.25, 0.3) is 5.91 Å². The molecular weight excluding hydrogens is 248 g/mol. The minimum atomic E-state index is -0.0683. The zero-order valence-corrected chi connectivity index (χ0v) is 11.5. The first kappa shape index (κ1) is 13.1. The van der Waals surface area contributed by atoms with E-state index in [1.807, 2.05) is 13.8 Å². The van der Waals surface area contributed by atoms with Crippen molar-refractivity contribution in [1.82, 2.24) is 5.32 Å². The lowest BCUT2D eigenvalue weighted by atomic mass is 10.2. The van der Waals surface area contributed by atoms with Gasteiger partial charge in [0.1, 0.15) is 0 Å². The Labute approximate surface area is 111 Å². The van der Waals surface area contributed by atoms with Crippen molar-refractivity contribution >= 4 is 28.2 Å². The number of amides is 2. The molecule has 1 unspecified atom stereocenters. The van der Waals surface area contributed by atoms with Gasteiger partial charge in [0.05, 0.1) is 9.88 Å². The lowest BCUT2D eigenvalue weighted by molar-refractivity contribution is -0.117. The van der Waals surface area contributed by atoms with Crippen molar-refractivity contribution in [3.63, 3.8) is 0 Å². The second kappa shape index (κ2) is 5.52. The van der Waals surface area contributed by atoms with Gasteiger partial charge in [-0.1, -0.05) is 6.92 Å². The van der Waals surface area contributed by atoms with E-state index in [0.717, 1.165) is 24.3 Å². The fourth-order valence-corrected chi connectivity index (χ4v) is 2.31. The van der Waals surface area contributed by atoms with Crippen LogP contribution >= 0.6 is 11.3 Å². The lowest BCUT2D eigenvalue weighted by Crippen LogP contribution is -2.31. The average Bonchev–Trinajstić information content (AvgIpc) is 3.10. The number of nitrogens with one attached hydrogen (secondary N) is 2. The van der Waals surface area contributed by atoms with Gasteiger partial charge in [0, 0.05) is 12.0 Å². The zero-order valence-electron chi connectivity index (χ0n) is 10.7. The summed E-state index contributed by atoms with van der Waals surface area (Å²) >= 11 is 1.32. The van der Waals surface area contributed by atoms with Crippen LogP contribution in [0.15, 0.2) is 12.1 Å². The highest BCUT2D eigenvalue weighted by Gasteiger charge is 2.29. The lowest BCUT2D eigenvalue weighted by Gasteiger charge is -2.09. The number of hydrogen-bond donors (Lipinski definition) is 2. The Morgan fingerprint density at radius 1 is 1.44 bits per heavy atom. The molecule has 4 nitrogen and oxygen atoms in total. The van der Waals surface area contributed by atoms with Gasteiger partial charge in [-0.15, -0.1) is 11.3 Å². The molecule has 0 spiro atoms. The van der Waals surface area contributed by atoms with Crippen molar-refractivity contribution in [1.29, 1.82) is 0 Å². The minimum Gasteiger partial charge on any atom is -0.349 e. The summed E-state index contributed by atoms with van der Waals surface area (Å²) in [5.41, 5.74) is 0. The van der Waals surface area contributed by atoms with Crippen LogP contribution in [-0.4, -0.2) is 17.9 Å². The predicted octanol–water partition coefficient (Wildman–Crippen LogP) is 2.62. The summed E-state index contributed by atoms with van der Waals surface area (Å²) in [5, 5.41) is 6.50. The van der Waals surface area contributed by atoms with Crippen LogP contribution in [0, 0.1) is 5.92 Å². The van der Waals surface area contributed by atoms with Gasteiger partial charge < -0.3 is 10.6 Å². The fourth-order valence-electron chi connectivity index (χ4n) is 1.49. The zero-order chi connectivity index (χ0) is 13.1. The standard InChI is InChI=1S/C13H18N2O2S/c1-3-8(2)14-13(17)10-6-7-11(18-10)15-12(16)9-4-5-9/h6-9H,3-5H2,1-2H3,(H,14,17)(H,15,16). The van der Waals surface area contributed by atoms with Crippen LogP contribution in [0.25, 0.3) is 0 Å². The Morgan fingerprint density at radius 3 is 2.78 bits per heavy atom. The molecule has 0 aliphatic heterocycles. The topological polar surface area (TPSA) is 58.2 Å². The first-order valence-corrected chi connectivity index (χ1v) is 7.13. The molecule has 1 atom stereocenters. The molecular formula is C13H18N2O2S. The Morgan fingerprint density at radius 2 is 2.17 bits per heavy atom. The summed E-state index contributed by atoms with van der Waals surface area (Å²) in [7, 11) is 0. The molecule has 0 bridgehead atoms. The smallest absolute Gasteiger partial charge is 0.261 e. The molecule has 0 aromatic carbocycles. The van der Waals surface area contributed by atoms with Crippen LogP contribution in [0.5, 0.6) is 0 Å². The second-order valence-electron chi connectivity index (χ2n) is 4.71. The van der Waals surface area contributed by atoms with Crippen LogP contribution < -0.4 is 10.6 Å². The van der Waals surface area contributed by atoms with Gasteiger partial charge in [-0.3, -0.25) is 9.59 Å². The van der Waals surface area contributed by atoms with Crippen LogP contribution in [0.4, 0.5) is 5.00 Å². The fraction of sp³-hybridized carbons (Fsp3) is 0.538. The van der Waals surface area contributed by atoms with Gasteiger partial charge >= 0.3 is 0 Å². The molecule has 0 radical (unpaired) electrons. The van der Waals surface area contributed by atoms with Gasteiger partial charge in [-0.2, -0.15) is 0 Å². The quantitative estimate of drug-likeness (QED) is 0.860. The number of anilines is 1. The monoisotopic (exact) mass is 266 g/mol. The highest BCUT2D eigenvalue weighted by molar-refractivity contribution is 7.18. The summed E-state index contributed by atoms with van der Waals surface area (Å²) in [6.07, 6.45) is 2.87. The Bertz CT molecular complexity index is 452. The first-order valence-electron chi connectivity index (χ1n) is 6.31. The van der Waals surface area contributed by atoms with Crippen molar-refractivity contribution in [3.05, 3.63) is 17.0 Å². The molecule has 2 rings (SSSR count). The van der Waals surface area contributed by atoms with Gasteiger partial charge in [-0.05, 0) is 38.3 Å². The first-order chi connectivity index (χ1) is 8.60. The van der Waals surface area contributed by atoms with E-state index in [2.05, 4.69) is 10.6 Å². The molecule has 1 aromatic heterocycles. The summed E-state index contributed by atoms with van der Waals surface area (Å²) in [4.78, 5) is 24.1. The number of carbonyl (C=O) groups excluding carboxylic acids is 2. The maximum atomic E-state index is 11.8. The minimum absolute atomic E-state index is 0.0683. The summed E-state index contributed by atoms with van der Waals surface area (Å²) in [5.74, 6) is 0.191. The maximum absolute atomic E-state index is 11.8. The van der Waals surface area contributed by atoms with Crippen molar-refractivity contribution < 1.29 is 9.59 Å². The number of carbonyl (C=O) groups is 2. The van der Waals surface area contributed by atoms with Crippen molar-refractivity contribution in [2.75, 3.05) is 5.32 Å². The molecule has 2 N–H and O–H groups in total. The number of thiophene rings is 1. The molecule has 1 aliphatic carbocycles. The molecule has 5 heteroatoms. The highest BCUT2D eigenvalue weighted by atomic mass is 32.1. The Hall–Kier alpha value is -1.36. The highest BCUT2D eigenvalue weighted by Crippen LogP contribution is 2.31. The molecule has 1 aromatic rings. The molecule has 1 heterocycles. The van der Waals surface area contributed by atoms with E-state index in [-0.39, 0.29) is 23.8 Å². The van der Waals surface area contributed by atoms with Crippen molar-refractivity contribution in [3.8, 4) is 0 Å². The largest absolute Gasteiger partial charge is 0.349 e. The molecule has 0 saturated heterocycles. The van der Waals surface area contributed by atoms with E-state index in [1.54, 1.807) is 12.1 Å². The average molecular weight is 266 g/mol. The van der Waals surface area contributed by atoms with Gasteiger partial charge in [0.15, 0.2) is 0 Å². The molecule has 1 fully saturated rings. The number of rotatable bonds is 5. The van der Waals surface area contributed by atoms with Crippen LogP contribution in [0.3, 0.4) is 0 Å². The molecule has 1 saturated carbocycles. The normalized spacial score (nSPS) is 16.1. The summed E-state index contributed by atoms with van der Waals surface area (Å²) in [6.45, 7) is 4.00. The van der Waals surface area contributed by atoms with Crippen molar-refractivity contribution in [2.45, 2.75) is 39.2 Å². The van der Waals surface area contributed by atoms with E-state index < -0.39 is 0 Å². The summed E-state index contributed by atoms with van der Waals surface area (Å²) < 4.78 is 0. The third kappa shape index (κ3) is 3.32. The van der Waals surface area contributed by atoms with E-state index in [9.17, 15) is 9.59 Å². The third-order valence-electron chi connectivity index (χ3n) is 3.01. The van der Waals surface area contributed by atoms with E-state index in [1.165, 1.54) is 11.3 Å². The summed E-state index contributed by atoms with van der Waals surface area (Å²) in [6, 6.07) is 3.71. The molecule has 1 aliphatic rings. The van der Waals surface area contributed by atoms with Crippen LogP contribution in [-0.2, 0) is 4.79 Å². The van der Waals surface area contributed by atoms with E-state index in [4.69, 9.17) is 0 Å². The van der Waals surface area contributed by atoms with Crippen LogP contribution in [0.1, 0.15) is 42.8 Å². The number of hydrogen-bond acceptors (Lipinski definition) is 3. The van der Waals surface area contributed by atoms with E-state index >= 15 is 0 Å². The second-order valence-corrected chi connectivity index (χ2v) is 5.79. The van der Waals surface area contributed by atoms with Crippen molar-refractivity contribution in [2.24, 2.45) is 5.92 Å². The van der Waals surface area contributed by atoms with Crippen LogP contribution in [0.2, 0.25) is 0 Å². The van der Waals surface area contributed by atoms with Gasteiger partial charge in [0.2, 0.25) is 5.91 Å². The Balaban J connectivity index is 1.92. The maximum Gasteiger partial charge on any atom is 0.261 e. The Kier molecular flexibility index (Phi) is 4.01. The SMILES string of the molecule is CCC(C)NC(=O)c1ccc(NC(=O)C2CC2)s1. The van der Waals surface area contributed by atoms with E-state index in [0.29, 0.717) is 4.88 Å². The third-order valence-corrected chi connectivity index (χ3v) is 4.01.